The molecule has 2 aromatic carbocycles. The molecule has 3 aromatic rings. The molecule has 0 atom stereocenters. The monoisotopic (exact) mass is 322 g/mol. The Morgan fingerprint density at radius 2 is 1.60 bits per heavy atom. The summed E-state index contributed by atoms with van der Waals surface area (Å²) in [5, 5.41) is 2.27. The molecule has 0 aliphatic heterocycles. The molecular weight excluding hydrogens is 315 g/mol. The molecule has 1 aromatic heterocycles. The Hall–Kier alpha value is -1.35. The van der Waals surface area contributed by atoms with Crippen LogP contribution in [0.5, 0.6) is 0 Å². The Kier molecular flexibility index (Phi) is 3.55. The van der Waals surface area contributed by atoms with Crippen molar-refractivity contribution in [2.75, 3.05) is 0 Å². The minimum Gasteiger partial charge on any atom is -0.226 e. The Morgan fingerprint density at radius 3 is 2.35 bits per heavy atom. The summed E-state index contributed by atoms with van der Waals surface area (Å²) < 4.78 is 0. The molecule has 0 amide bonds. The van der Waals surface area contributed by atoms with Crippen LogP contribution in [0.1, 0.15) is 5.56 Å². The number of fused-ring (bicyclic) bond motifs is 1. The van der Waals surface area contributed by atoms with Gasteiger partial charge < -0.3 is 0 Å². The van der Waals surface area contributed by atoms with Gasteiger partial charge in [-0.1, -0.05) is 53.0 Å². The quantitative estimate of drug-likeness (QED) is 0.547. The summed E-state index contributed by atoms with van der Waals surface area (Å²) in [5.41, 5.74) is 2.36. The molecule has 0 bridgehead atoms. The van der Waals surface area contributed by atoms with Gasteiger partial charge in [-0.3, -0.25) is 0 Å². The average Bonchev–Trinajstić information content (AvgIpc) is 2.43. The van der Waals surface area contributed by atoms with Crippen molar-refractivity contribution in [3.05, 3.63) is 57.2 Å². The second-order valence-electron chi connectivity index (χ2n) is 4.41. The SMILES string of the molecule is Cc1ccc(Cl)c2nc(-c3ccccc3Cl)nc(Cl)c12. The number of halogens is 3. The highest BCUT2D eigenvalue weighted by molar-refractivity contribution is 6.39. The Labute approximate surface area is 131 Å². The number of aryl methyl sites for hydroxylation is 1. The molecular formula is C15H9Cl3N2. The summed E-state index contributed by atoms with van der Waals surface area (Å²) in [6, 6.07) is 11.1. The van der Waals surface area contributed by atoms with E-state index in [1.165, 1.54) is 0 Å². The summed E-state index contributed by atoms with van der Waals surface area (Å²) in [4.78, 5) is 8.86. The molecule has 20 heavy (non-hydrogen) atoms. The van der Waals surface area contributed by atoms with Gasteiger partial charge in [-0.25, -0.2) is 9.97 Å². The first-order valence-corrected chi connectivity index (χ1v) is 7.08. The molecule has 0 radical (unpaired) electrons. The van der Waals surface area contributed by atoms with Crippen molar-refractivity contribution in [2.45, 2.75) is 6.92 Å². The molecule has 0 unspecified atom stereocenters. The molecule has 0 saturated carbocycles. The van der Waals surface area contributed by atoms with Crippen LogP contribution in [0.3, 0.4) is 0 Å². The van der Waals surface area contributed by atoms with E-state index >= 15 is 0 Å². The van der Waals surface area contributed by atoms with Gasteiger partial charge in [0.2, 0.25) is 0 Å². The molecule has 0 aliphatic rings. The fourth-order valence-electron chi connectivity index (χ4n) is 2.08. The minimum absolute atomic E-state index is 0.380. The normalized spacial score (nSPS) is 11.0. The predicted octanol–water partition coefficient (Wildman–Crippen LogP) is 5.57. The van der Waals surface area contributed by atoms with E-state index in [1.807, 2.05) is 31.2 Å². The van der Waals surface area contributed by atoms with Crippen LogP contribution in [0, 0.1) is 6.92 Å². The first-order chi connectivity index (χ1) is 9.58. The Morgan fingerprint density at radius 1 is 0.850 bits per heavy atom. The number of aromatic nitrogens is 2. The lowest BCUT2D eigenvalue weighted by Gasteiger charge is -2.09. The molecule has 0 N–H and O–H groups in total. The van der Waals surface area contributed by atoms with Gasteiger partial charge in [-0.15, -0.1) is 0 Å². The third-order valence-electron chi connectivity index (χ3n) is 3.08. The van der Waals surface area contributed by atoms with Gasteiger partial charge in [0.15, 0.2) is 5.82 Å². The maximum absolute atomic E-state index is 6.29. The van der Waals surface area contributed by atoms with Crippen LogP contribution in [0.25, 0.3) is 22.3 Å². The summed E-state index contributed by atoms with van der Waals surface area (Å²) in [7, 11) is 0. The van der Waals surface area contributed by atoms with Crippen molar-refractivity contribution in [2.24, 2.45) is 0 Å². The first kappa shape index (κ1) is 13.6. The third-order valence-corrected chi connectivity index (χ3v) is 3.99. The van der Waals surface area contributed by atoms with E-state index in [9.17, 15) is 0 Å². The van der Waals surface area contributed by atoms with Crippen LogP contribution in [0.4, 0.5) is 0 Å². The molecule has 0 saturated heterocycles. The van der Waals surface area contributed by atoms with E-state index in [2.05, 4.69) is 9.97 Å². The smallest absolute Gasteiger partial charge is 0.163 e. The molecule has 5 heteroatoms. The van der Waals surface area contributed by atoms with E-state index in [-0.39, 0.29) is 0 Å². The molecule has 100 valence electrons. The number of nitrogens with zero attached hydrogens (tertiary/aromatic N) is 2. The van der Waals surface area contributed by atoms with Crippen LogP contribution < -0.4 is 0 Å². The van der Waals surface area contributed by atoms with E-state index in [1.54, 1.807) is 12.1 Å². The van der Waals surface area contributed by atoms with Crippen LogP contribution in [-0.4, -0.2) is 9.97 Å². The van der Waals surface area contributed by atoms with Gasteiger partial charge in [-0.05, 0) is 30.7 Å². The molecule has 0 fully saturated rings. The van der Waals surface area contributed by atoms with Crippen molar-refractivity contribution in [3.63, 3.8) is 0 Å². The maximum Gasteiger partial charge on any atom is 0.163 e. The second kappa shape index (κ2) is 5.21. The molecule has 0 spiro atoms. The first-order valence-electron chi connectivity index (χ1n) is 5.95. The highest BCUT2D eigenvalue weighted by Crippen LogP contribution is 2.33. The zero-order valence-electron chi connectivity index (χ0n) is 10.5. The standard InChI is InChI=1S/C15H9Cl3N2/c1-8-6-7-11(17)13-12(8)14(18)20-15(19-13)9-4-2-3-5-10(9)16/h2-7H,1H3. The van der Waals surface area contributed by atoms with Gasteiger partial charge in [0, 0.05) is 10.9 Å². The summed E-state index contributed by atoms with van der Waals surface area (Å²) in [6.45, 7) is 1.95. The number of hydrogen-bond donors (Lipinski definition) is 0. The lowest BCUT2D eigenvalue weighted by Crippen LogP contribution is -1.94. The second-order valence-corrected chi connectivity index (χ2v) is 5.58. The fraction of sp³-hybridized carbons (Fsp3) is 0.0667. The number of benzene rings is 2. The van der Waals surface area contributed by atoms with Crippen molar-refractivity contribution in [1.29, 1.82) is 0 Å². The largest absolute Gasteiger partial charge is 0.226 e. The van der Waals surface area contributed by atoms with Crippen LogP contribution >= 0.6 is 34.8 Å². The zero-order chi connectivity index (χ0) is 14.3. The summed E-state index contributed by atoms with van der Waals surface area (Å²) in [5.74, 6) is 0.473. The lowest BCUT2D eigenvalue weighted by atomic mass is 10.1. The number of hydrogen-bond acceptors (Lipinski definition) is 2. The van der Waals surface area contributed by atoms with Gasteiger partial charge >= 0.3 is 0 Å². The summed E-state index contributed by atoms with van der Waals surface area (Å²) in [6.07, 6.45) is 0. The maximum atomic E-state index is 6.29. The minimum atomic E-state index is 0.380. The average molecular weight is 324 g/mol. The highest BCUT2D eigenvalue weighted by Gasteiger charge is 2.13. The zero-order valence-corrected chi connectivity index (χ0v) is 12.8. The molecule has 2 nitrogen and oxygen atoms in total. The number of rotatable bonds is 1. The topological polar surface area (TPSA) is 25.8 Å². The highest BCUT2D eigenvalue weighted by atomic mass is 35.5. The lowest BCUT2D eigenvalue weighted by molar-refractivity contribution is 1.22. The van der Waals surface area contributed by atoms with Crippen molar-refractivity contribution in [1.82, 2.24) is 9.97 Å². The van der Waals surface area contributed by atoms with Gasteiger partial charge in [-0.2, -0.15) is 0 Å². The Bertz CT molecular complexity index is 816. The van der Waals surface area contributed by atoms with Crippen LogP contribution in [0.2, 0.25) is 15.2 Å². The van der Waals surface area contributed by atoms with Crippen molar-refractivity contribution in [3.8, 4) is 11.4 Å². The van der Waals surface area contributed by atoms with E-state index < -0.39 is 0 Å². The molecule has 3 rings (SSSR count). The van der Waals surface area contributed by atoms with Crippen molar-refractivity contribution >= 4 is 45.7 Å². The van der Waals surface area contributed by atoms with Crippen LogP contribution in [0.15, 0.2) is 36.4 Å². The molecule has 0 aliphatic carbocycles. The summed E-state index contributed by atoms with van der Waals surface area (Å²) >= 11 is 18.7. The van der Waals surface area contributed by atoms with E-state index in [4.69, 9.17) is 34.8 Å². The molecule has 1 heterocycles. The Balaban J connectivity index is 2.36. The van der Waals surface area contributed by atoms with E-state index in [0.717, 1.165) is 16.5 Å². The van der Waals surface area contributed by atoms with Gasteiger partial charge in [0.25, 0.3) is 0 Å². The van der Waals surface area contributed by atoms with Crippen LogP contribution in [-0.2, 0) is 0 Å². The van der Waals surface area contributed by atoms with Gasteiger partial charge in [0.05, 0.1) is 15.6 Å². The van der Waals surface area contributed by atoms with Gasteiger partial charge in [0.1, 0.15) is 5.15 Å². The predicted molar refractivity (Wildman–Crippen MR) is 84.7 cm³/mol. The third kappa shape index (κ3) is 2.24. The van der Waals surface area contributed by atoms with Crippen molar-refractivity contribution < 1.29 is 0 Å². The van der Waals surface area contributed by atoms with E-state index in [0.29, 0.717) is 26.5 Å². The fourth-order valence-corrected chi connectivity index (χ4v) is 2.82.